The van der Waals surface area contributed by atoms with Crippen LogP contribution in [0.5, 0.6) is 0 Å². The van der Waals surface area contributed by atoms with Crippen LogP contribution in [-0.4, -0.2) is 17.6 Å². The molecule has 0 spiro atoms. The van der Waals surface area contributed by atoms with E-state index in [0.717, 1.165) is 22.8 Å². The van der Waals surface area contributed by atoms with E-state index in [1.54, 1.807) is 11.8 Å². The van der Waals surface area contributed by atoms with Crippen LogP contribution in [0.1, 0.15) is 19.3 Å². The zero-order valence-corrected chi connectivity index (χ0v) is 8.52. The Morgan fingerprint density at radius 2 is 2.29 bits per heavy atom. The summed E-state index contributed by atoms with van der Waals surface area (Å²) in [5.74, 6) is 1.31. The molecule has 1 heterocycles. The van der Waals surface area contributed by atoms with Crippen LogP contribution < -0.4 is 11.1 Å². The number of ketones is 1. The van der Waals surface area contributed by atoms with Crippen molar-refractivity contribution in [1.82, 2.24) is 5.32 Å². The van der Waals surface area contributed by atoms with Crippen LogP contribution in [0, 0.1) is 5.92 Å². The highest BCUT2D eigenvalue weighted by Crippen LogP contribution is 2.42. The van der Waals surface area contributed by atoms with E-state index in [1.165, 1.54) is 0 Å². The monoisotopic (exact) mass is 212 g/mol. The summed E-state index contributed by atoms with van der Waals surface area (Å²) in [5.41, 5.74) is 5.93. The Kier molecular flexibility index (Phi) is 2.50. The van der Waals surface area contributed by atoms with Gasteiger partial charge in [-0.25, -0.2) is 4.79 Å². The van der Waals surface area contributed by atoms with Crippen LogP contribution in [0.2, 0.25) is 0 Å². The van der Waals surface area contributed by atoms with Gasteiger partial charge in [0.2, 0.25) is 0 Å². The second kappa shape index (κ2) is 3.65. The lowest BCUT2D eigenvalue weighted by atomic mass is 9.90. The van der Waals surface area contributed by atoms with Gasteiger partial charge < -0.3 is 11.1 Å². The molecule has 3 N–H and O–H groups in total. The van der Waals surface area contributed by atoms with Crippen molar-refractivity contribution in [3.8, 4) is 0 Å². The lowest BCUT2D eigenvalue weighted by molar-refractivity contribution is -0.121. The van der Waals surface area contributed by atoms with Gasteiger partial charge in [0.1, 0.15) is 5.78 Å². The number of rotatable bonds is 1. The number of carbonyl (C=O) groups is 2. The Labute approximate surface area is 86.3 Å². The van der Waals surface area contributed by atoms with E-state index in [4.69, 9.17) is 5.73 Å². The summed E-state index contributed by atoms with van der Waals surface area (Å²) in [5, 5.41) is 2.62. The van der Waals surface area contributed by atoms with E-state index in [9.17, 15) is 9.59 Å². The van der Waals surface area contributed by atoms with E-state index in [2.05, 4.69) is 5.32 Å². The summed E-state index contributed by atoms with van der Waals surface area (Å²) in [4.78, 5) is 23.3. The first-order valence-corrected chi connectivity index (χ1v) is 5.62. The van der Waals surface area contributed by atoms with E-state index >= 15 is 0 Å². The minimum absolute atomic E-state index is 0.0376. The summed E-state index contributed by atoms with van der Waals surface area (Å²) in [6, 6.07) is -0.534. The predicted octanol–water partition coefficient (Wildman–Crippen LogP) is 0.982. The summed E-state index contributed by atoms with van der Waals surface area (Å²) < 4.78 is 0. The summed E-state index contributed by atoms with van der Waals surface area (Å²) in [7, 11) is 0. The van der Waals surface area contributed by atoms with Crippen molar-refractivity contribution in [2.45, 2.75) is 19.3 Å². The first-order valence-electron chi connectivity index (χ1n) is 4.63. The van der Waals surface area contributed by atoms with Crippen LogP contribution >= 0.6 is 11.8 Å². The molecule has 0 aromatic carbocycles. The van der Waals surface area contributed by atoms with Crippen molar-refractivity contribution in [3.05, 3.63) is 10.6 Å². The van der Waals surface area contributed by atoms with Gasteiger partial charge in [0.25, 0.3) is 0 Å². The van der Waals surface area contributed by atoms with Crippen LogP contribution in [0.3, 0.4) is 0 Å². The number of nitrogens with two attached hydrogens (primary N) is 1. The third-order valence-corrected chi connectivity index (χ3v) is 3.84. The molecule has 76 valence electrons. The molecule has 1 saturated heterocycles. The molecule has 1 unspecified atom stereocenters. The molecule has 1 aliphatic carbocycles. The molecule has 14 heavy (non-hydrogen) atoms. The van der Waals surface area contributed by atoms with Crippen molar-refractivity contribution >= 4 is 23.6 Å². The molecule has 0 bridgehead atoms. The number of carbonyl (C=O) groups excluding carboxylic acids is 2. The van der Waals surface area contributed by atoms with Crippen LogP contribution in [0.25, 0.3) is 0 Å². The van der Waals surface area contributed by atoms with Crippen molar-refractivity contribution in [1.29, 1.82) is 0 Å². The summed E-state index contributed by atoms with van der Waals surface area (Å²) >= 11 is 1.67. The predicted molar refractivity (Wildman–Crippen MR) is 54.6 cm³/mol. The highest BCUT2D eigenvalue weighted by molar-refractivity contribution is 8.03. The van der Waals surface area contributed by atoms with Crippen LogP contribution in [0.4, 0.5) is 4.79 Å². The fraction of sp³-hybridized carbons (Fsp3) is 0.556. The molecule has 1 fully saturated rings. The van der Waals surface area contributed by atoms with E-state index in [1.807, 2.05) is 0 Å². The minimum atomic E-state index is -0.534. The first kappa shape index (κ1) is 9.58. The summed E-state index contributed by atoms with van der Waals surface area (Å²) in [6.07, 6.45) is 2.06. The van der Waals surface area contributed by atoms with Crippen molar-refractivity contribution in [2.75, 3.05) is 5.75 Å². The average molecular weight is 212 g/mol. The Balaban J connectivity index is 2.25. The topological polar surface area (TPSA) is 72.2 Å². The smallest absolute Gasteiger partial charge is 0.316 e. The third kappa shape index (κ3) is 1.64. The van der Waals surface area contributed by atoms with Gasteiger partial charge in [-0.15, -0.1) is 11.8 Å². The van der Waals surface area contributed by atoms with Crippen molar-refractivity contribution in [3.63, 3.8) is 0 Å². The maximum atomic E-state index is 11.5. The lowest BCUT2D eigenvalue weighted by Gasteiger charge is -2.21. The van der Waals surface area contributed by atoms with Gasteiger partial charge in [-0.1, -0.05) is 0 Å². The molecule has 0 aromatic rings. The number of hydrogen-bond donors (Lipinski definition) is 2. The van der Waals surface area contributed by atoms with Gasteiger partial charge in [0.05, 0.1) is 5.92 Å². The van der Waals surface area contributed by atoms with E-state index < -0.39 is 6.03 Å². The molecular formula is C9H12N2O2S. The Morgan fingerprint density at radius 1 is 1.50 bits per heavy atom. The highest BCUT2D eigenvalue weighted by atomic mass is 32.2. The molecule has 1 aliphatic heterocycles. The van der Waals surface area contributed by atoms with E-state index in [0.29, 0.717) is 18.6 Å². The number of Topliss-reactive ketones (excluding diaryl/α,β-unsaturated/α-hetero) is 1. The number of nitrogens with one attached hydrogen (secondary N) is 1. The molecule has 4 nitrogen and oxygen atoms in total. The average Bonchev–Trinajstić information content (AvgIpc) is 2.58. The normalized spacial score (nSPS) is 26.3. The molecule has 1 atom stereocenters. The Morgan fingerprint density at radius 3 is 3.00 bits per heavy atom. The van der Waals surface area contributed by atoms with Gasteiger partial charge in [-0.2, -0.15) is 0 Å². The molecule has 0 radical (unpaired) electrons. The highest BCUT2D eigenvalue weighted by Gasteiger charge is 2.34. The fourth-order valence-electron chi connectivity index (χ4n) is 1.94. The number of hydrogen-bond acceptors (Lipinski definition) is 3. The molecular weight excluding hydrogens is 200 g/mol. The van der Waals surface area contributed by atoms with Crippen LogP contribution in [-0.2, 0) is 4.79 Å². The molecule has 2 rings (SSSR count). The number of fused-ring (bicyclic) bond motifs is 1. The second-order valence-corrected chi connectivity index (χ2v) is 4.62. The zero-order valence-electron chi connectivity index (χ0n) is 7.71. The van der Waals surface area contributed by atoms with Gasteiger partial charge >= 0.3 is 6.03 Å². The molecule has 0 saturated carbocycles. The third-order valence-electron chi connectivity index (χ3n) is 2.56. The largest absolute Gasteiger partial charge is 0.351 e. The second-order valence-electron chi connectivity index (χ2n) is 3.49. The van der Waals surface area contributed by atoms with Crippen molar-refractivity contribution in [2.24, 2.45) is 11.7 Å². The fourth-order valence-corrected chi connectivity index (χ4v) is 3.29. The number of urea groups is 1. The maximum absolute atomic E-state index is 11.5. The molecule has 5 heteroatoms. The maximum Gasteiger partial charge on any atom is 0.316 e. The molecule has 2 amide bonds. The standard InChI is InChI=1S/C9H12N2O2S/c10-9(13)11-6-1-2-7(12)5-3-4-14-8(5)6/h5H,1-4H2,(H3,10,11,13). The molecule has 2 aliphatic rings. The zero-order chi connectivity index (χ0) is 10.1. The number of allylic oxidation sites excluding steroid dienone is 2. The van der Waals surface area contributed by atoms with Crippen LogP contribution in [0.15, 0.2) is 10.6 Å². The number of thioether (sulfide) groups is 1. The summed E-state index contributed by atoms with van der Waals surface area (Å²) in [6.45, 7) is 0. The van der Waals surface area contributed by atoms with E-state index in [-0.39, 0.29) is 5.92 Å². The first-order chi connectivity index (χ1) is 6.68. The van der Waals surface area contributed by atoms with Gasteiger partial charge in [-0.05, 0) is 18.6 Å². The Hall–Kier alpha value is -0.970. The lowest BCUT2D eigenvalue weighted by Crippen LogP contribution is -2.32. The van der Waals surface area contributed by atoms with Gasteiger partial charge in [-0.3, -0.25) is 4.79 Å². The molecule has 0 aromatic heterocycles. The number of primary amides is 1. The van der Waals surface area contributed by atoms with Gasteiger partial charge in [0, 0.05) is 17.0 Å². The number of amides is 2. The van der Waals surface area contributed by atoms with Crippen molar-refractivity contribution < 1.29 is 9.59 Å². The minimum Gasteiger partial charge on any atom is -0.351 e. The Bertz CT molecular complexity index is 325. The quantitative estimate of drug-likeness (QED) is 0.680. The van der Waals surface area contributed by atoms with Gasteiger partial charge in [0.15, 0.2) is 0 Å². The SMILES string of the molecule is NC(=O)NC1=C2SCCC2C(=O)CC1.